The van der Waals surface area contributed by atoms with Gasteiger partial charge in [0.1, 0.15) is 5.82 Å². The van der Waals surface area contributed by atoms with E-state index in [0.29, 0.717) is 0 Å². The molecule has 0 amide bonds. The second-order valence-corrected chi connectivity index (χ2v) is 5.72. The average Bonchev–Trinajstić information content (AvgIpc) is 2.46. The zero-order valence-electron chi connectivity index (χ0n) is 12.6. The van der Waals surface area contributed by atoms with Crippen molar-refractivity contribution in [1.82, 2.24) is 9.88 Å². The highest BCUT2D eigenvalue weighted by molar-refractivity contribution is 6.30. The summed E-state index contributed by atoms with van der Waals surface area (Å²) in [5.41, 5.74) is 2.43. The summed E-state index contributed by atoms with van der Waals surface area (Å²) >= 11 is 6.01. The molecule has 0 spiro atoms. The summed E-state index contributed by atoms with van der Waals surface area (Å²) in [4.78, 5) is 6.68. The molecule has 4 heteroatoms. The van der Waals surface area contributed by atoms with E-state index in [-0.39, 0.29) is 0 Å². The van der Waals surface area contributed by atoms with Crippen LogP contribution in [-0.4, -0.2) is 23.5 Å². The van der Waals surface area contributed by atoms with Crippen LogP contribution in [0.3, 0.4) is 0 Å². The van der Waals surface area contributed by atoms with Crippen LogP contribution in [-0.2, 0) is 13.1 Å². The van der Waals surface area contributed by atoms with Crippen molar-refractivity contribution >= 4 is 17.4 Å². The van der Waals surface area contributed by atoms with Crippen molar-refractivity contribution in [2.45, 2.75) is 26.4 Å². The van der Waals surface area contributed by atoms with Gasteiger partial charge in [-0.05, 0) is 42.8 Å². The van der Waals surface area contributed by atoms with Gasteiger partial charge in [0, 0.05) is 30.9 Å². The van der Waals surface area contributed by atoms with Crippen molar-refractivity contribution in [3.63, 3.8) is 0 Å². The van der Waals surface area contributed by atoms with Crippen LogP contribution in [0.25, 0.3) is 0 Å². The van der Waals surface area contributed by atoms with Crippen LogP contribution in [0.1, 0.15) is 24.5 Å². The van der Waals surface area contributed by atoms with Crippen LogP contribution in [0.15, 0.2) is 42.6 Å². The summed E-state index contributed by atoms with van der Waals surface area (Å²) in [6, 6.07) is 12.2. The van der Waals surface area contributed by atoms with E-state index in [1.165, 1.54) is 11.1 Å². The molecule has 2 aromatic rings. The lowest BCUT2D eigenvalue weighted by Gasteiger charge is -2.17. The minimum atomic E-state index is 0.786. The molecule has 0 aliphatic carbocycles. The van der Waals surface area contributed by atoms with E-state index < -0.39 is 0 Å². The molecule has 0 fully saturated rings. The van der Waals surface area contributed by atoms with Gasteiger partial charge in [-0.15, -0.1) is 0 Å². The maximum Gasteiger partial charge on any atom is 0.125 e. The Morgan fingerprint density at radius 3 is 2.62 bits per heavy atom. The molecule has 112 valence electrons. The highest BCUT2D eigenvalue weighted by atomic mass is 35.5. The normalized spacial score (nSPS) is 10.9. The molecule has 0 aliphatic rings. The predicted molar refractivity (Wildman–Crippen MR) is 89.6 cm³/mol. The maximum atomic E-state index is 6.01. The second kappa shape index (κ2) is 8.01. The molecule has 1 aromatic heterocycles. The molecular weight excluding hydrogens is 282 g/mol. The zero-order chi connectivity index (χ0) is 15.1. The van der Waals surface area contributed by atoms with E-state index in [4.69, 9.17) is 11.6 Å². The monoisotopic (exact) mass is 303 g/mol. The third-order valence-electron chi connectivity index (χ3n) is 3.17. The van der Waals surface area contributed by atoms with Crippen LogP contribution in [0, 0.1) is 0 Å². The number of benzene rings is 1. The first-order valence-electron chi connectivity index (χ1n) is 7.29. The van der Waals surface area contributed by atoms with E-state index in [1.807, 2.05) is 30.5 Å². The summed E-state index contributed by atoms with van der Waals surface area (Å²) in [6.07, 6.45) is 3.04. The van der Waals surface area contributed by atoms with Crippen LogP contribution in [0.5, 0.6) is 0 Å². The molecule has 0 radical (unpaired) electrons. The number of halogens is 1. The average molecular weight is 304 g/mol. The van der Waals surface area contributed by atoms with Crippen molar-refractivity contribution in [2.24, 2.45) is 0 Å². The molecular formula is C17H22ClN3. The quantitative estimate of drug-likeness (QED) is 0.831. The minimum absolute atomic E-state index is 0.786. The van der Waals surface area contributed by atoms with Gasteiger partial charge in [-0.2, -0.15) is 0 Å². The van der Waals surface area contributed by atoms with Gasteiger partial charge < -0.3 is 5.32 Å². The van der Waals surface area contributed by atoms with E-state index in [1.54, 1.807) is 0 Å². The number of nitrogens with one attached hydrogen (secondary N) is 1. The molecule has 0 atom stereocenters. The molecule has 1 aromatic carbocycles. The fourth-order valence-corrected chi connectivity index (χ4v) is 2.40. The number of rotatable bonds is 7. The predicted octanol–water partition coefficient (Wildman–Crippen LogP) is 4.19. The molecule has 3 nitrogen and oxygen atoms in total. The van der Waals surface area contributed by atoms with Gasteiger partial charge >= 0.3 is 0 Å². The Bertz CT molecular complexity index is 554. The van der Waals surface area contributed by atoms with Crippen LogP contribution in [0.2, 0.25) is 5.02 Å². The third-order valence-corrected chi connectivity index (χ3v) is 3.41. The summed E-state index contributed by atoms with van der Waals surface area (Å²) in [5.74, 6) is 0.943. The van der Waals surface area contributed by atoms with Crippen LogP contribution >= 0.6 is 11.6 Å². The lowest BCUT2D eigenvalue weighted by atomic mass is 10.2. The number of pyridine rings is 1. The molecule has 0 saturated heterocycles. The molecule has 1 N–H and O–H groups in total. The standard InChI is InChI=1S/C17H22ClN3/c1-3-9-19-17-8-7-15(11-20-17)13-21(2)12-14-5-4-6-16(18)10-14/h4-8,10-11H,3,9,12-13H2,1-2H3,(H,19,20). The Morgan fingerprint density at radius 2 is 1.95 bits per heavy atom. The molecule has 1 heterocycles. The van der Waals surface area contributed by atoms with Gasteiger partial charge in [-0.3, -0.25) is 4.90 Å². The number of hydrogen-bond acceptors (Lipinski definition) is 3. The van der Waals surface area contributed by atoms with Gasteiger partial charge in [-0.25, -0.2) is 4.98 Å². The molecule has 2 rings (SSSR count). The number of nitrogens with zero attached hydrogens (tertiary/aromatic N) is 2. The van der Waals surface area contributed by atoms with Crippen LogP contribution in [0.4, 0.5) is 5.82 Å². The van der Waals surface area contributed by atoms with Gasteiger partial charge in [0.15, 0.2) is 0 Å². The Morgan fingerprint density at radius 1 is 1.14 bits per heavy atom. The summed E-state index contributed by atoms with van der Waals surface area (Å²) < 4.78 is 0. The minimum Gasteiger partial charge on any atom is -0.370 e. The Labute approximate surface area is 132 Å². The SMILES string of the molecule is CCCNc1ccc(CN(C)Cc2cccc(Cl)c2)cn1. The molecule has 0 aliphatic heterocycles. The number of hydrogen-bond donors (Lipinski definition) is 1. The van der Waals surface area contributed by atoms with E-state index in [0.717, 1.165) is 36.9 Å². The largest absolute Gasteiger partial charge is 0.370 e. The zero-order valence-corrected chi connectivity index (χ0v) is 13.4. The lowest BCUT2D eigenvalue weighted by molar-refractivity contribution is 0.319. The number of aromatic nitrogens is 1. The van der Waals surface area contributed by atoms with Crippen molar-refractivity contribution in [3.05, 3.63) is 58.7 Å². The van der Waals surface area contributed by atoms with Crippen molar-refractivity contribution in [2.75, 3.05) is 18.9 Å². The van der Waals surface area contributed by atoms with Crippen LogP contribution < -0.4 is 5.32 Å². The summed E-state index contributed by atoms with van der Waals surface area (Å²) in [5, 5.41) is 4.07. The van der Waals surface area contributed by atoms with Gasteiger partial charge in [0.25, 0.3) is 0 Å². The van der Waals surface area contributed by atoms with Crippen molar-refractivity contribution < 1.29 is 0 Å². The maximum absolute atomic E-state index is 6.01. The fourth-order valence-electron chi connectivity index (χ4n) is 2.19. The second-order valence-electron chi connectivity index (χ2n) is 5.28. The Hall–Kier alpha value is -1.58. The van der Waals surface area contributed by atoms with E-state index in [2.05, 4.69) is 41.3 Å². The highest BCUT2D eigenvalue weighted by Crippen LogP contribution is 2.14. The van der Waals surface area contributed by atoms with Gasteiger partial charge in [-0.1, -0.05) is 36.7 Å². The first-order chi connectivity index (χ1) is 10.2. The van der Waals surface area contributed by atoms with Gasteiger partial charge in [0.05, 0.1) is 0 Å². The first kappa shape index (κ1) is 15.8. The number of anilines is 1. The van der Waals surface area contributed by atoms with E-state index in [9.17, 15) is 0 Å². The molecule has 0 saturated carbocycles. The lowest BCUT2D eigenvalue weighted by Crippen LogP contribution is -2.17. The molecule has 21 heavy (non-hydrogen) atoms. The fraction of sp³-hybridized carbons (Fsp3) is 0.353. The van der Waals surface area contributed by atoms with E-state index >= 15 is 0 Å². The Kier molecular flexibility index (Phi) is 6.03. The smallest absolute Gasteiger partial charge is 0.125 e. The van der Waals surface area contributed by atoms with Crippen molar-refractivity contribution in [1.29, 1.82) is 0 Å². The molecule has 0 unspecified atom stereocenters. The third kappa shape index (κ3) is 5.37. The Balaban J connectivity index is 1.88. The highest BCUT2D eigenvalue weighted by Gasteiger charge is 2.03. The molecule has 0 bridgehead atoms. The first-order valence-corrected chi connectivity index (χ1v) is 7.67. The van der Waals surface area contributed by atoms with Gasteiger partial charge in [0.2, 0.25) is 0 Å². The summed E-state index contributed by atoms with van der Waals surface area (Å²) in [6.45, 7) is 4.84. The summed E-state index contributed by atoms with van der Waals surface area (Å²) in [7, 11) is 2.10. The topological polar surface area (TPSA) is 28.2 Å². The van der Waals surface area contributed by atoms with Crippen molar-refractivity contribution in [3.8, 4) is 0 Å².